The fourth-order valence-electron chi connectivity index (χ4n) is 1.99. The van der Waals surface area contributed by atoms with Gasteiger partial charge in [-0.15, -0.1) is 0 Å². The minimum Gasteiger partial charge on any atom is -0.299 e. The molecule has 0 aliphatic carbocycles. The summed E-state index contributed by atoms with van der Waals surface area (Å²) < 4.78 is 14.4. The Hall–Kier alpha value is -0.410. The fraction of sp³-hybridized carbons (Fsp3) is 0.500. The second-order valence-electron chi connectivity index (χ2n) is 4.18. The van der Waals surface area contributed by atoms with Crippen LogP contribution in [0.3, 0.4) is 0 Å². The van der Waals surface area contributed by atoms with Crippen LogP contribution in [0, 0.1) is 12.7 Å². The van der Waals surface area contributed by atoms with Gasteiger partial charge < -0.3 is 0 Å². The van der Waals surface area contributed by atoms with Gasteiger partial charge in [-0.3, -0.25) is 4.90 Å². The van der Waals surface area contributed by atoms with Crippen LogP contribution in [0.25, 0.3) is 0 Å². The molecule has 0 unspecified atom stereocenters. The highest BCUT2D eigenvalue weighted by atomic mass is 79.9. The first-order valence-electron chi connectivity index (χ1n) is 5.33. The van der Waals surface area contributed by atoms with Crippen molar-refractivity contribution in [3.63, 3.8) is 0 Å². The number of hydrogen-bond donors (Lipinski definition) is 0. The lowest BCUT2D eigenvalue weighted by atomic mass is 10.1. The first-order valence-corrected chi connectivity index (χ1v) is 6.13. The second-order valence-corrected chi connectivity index (χ2v) is 5.03. The first kappa shape index (κ1) is 11.1. The van der Waals surface area contributed by atoms with Crippen molar-refractivity contribution < 1.29 is 4.39 Å². The van der Waals surface area contributed by atoms with E-state index in [1.54, 1.807) is 13.0 Å². The molecule has 82 valence electrons. The Morgan fingerprint density at radius 3 is 2.67 bits per heavy atom. The van der Waals surface area contributed by atoms with Crippen molar-refractivity contribution in [2.75, 3.05) is 13.1 Å². The molecule has 15 heavy (non-hydrogen) atoms. The van der Waals surface area contributed by atoms with E-state index in [9.17, 15) is 4.39 Å². The van der Waals surface area contributed by atoms with E-state index < -0.39 is 0 Å². The Bertz CT molecular complexity index is 359. The molecule has 0 saturated carbocycles. The summed E-state index contributed by atoms with van der Waals surface area (Å²) in [6.45, 7) is 4.93. The van der Waals surface area contributed by atoms with Crippen LogP contribution in [0.5, 0.6) is 0 Å². The zero-order valence-corrected chi connectivity index (χ0v) is 10.5. The third-order valence-electron chi connectivity index (χ3n) is 2.92. The first-order chi connectivity index (χ1) is 7.16. The van der Waals surface area contributed by atoms with Crippen molar-refractivity contribution in [1.29, 1.82) is 0 Å². The van der Waals surface area contributed by atoms with Crippen LogP contribution in [0.2, 0.25) is 0 Å². The fourth-order valence-corrected chi connectivity index (χ4v) is 2.57. The number of halogens is 2. The minimum atomic E-state index is -0.104. The van der Waals surface area contributed by atoms with E-state index >= 15 is 0 Å². The molecular formula is C12H15BrFN. The molecule has 0 bridgehead atoms. The van der Waals surface area contributed by atoms with Crippen molar-refractivity contribution in [2.24, 2.45) is 0 Å². The lowest BCUT2D eigenvalue weighted by Crippen LogP contribution is -2.18. The van der Waals surface area contributed by atoms with Crippen molar-refractivity contribution in [2.45, 2.75) is 26.3 Å². The van der Waals surface area contributed by atoms with Crippen LogP contribution in [0.1, 0.15) is 24.0 Å². The van der Waals surface area contributed by atoms with Gasteiger partial charge in [0.1, 0.15) is 5.82 Å². The quantitative estimate of drug-likeness (QED) is 0.796. The summed E-state index contributed by atoms with van der Waals surface area (Å²) in [4.78, 5) is 2.37. The molecule has 0 radical (unpaired) electrons. The Balaban J connectivity index is 2.16. The minimum absolute atomic E-state index is 0.104. The smallest absolute Gasteiger partial charge is 0.126 e. The van der Waals surface area contributed by atoms with E-state index in [2.05, 4.69) is 20.8 Å². The monoisotopic (exact) mass is 271 g/mol. The molecule has 1 saturated heterocycles. The predicted molar refractivity (Wildman–Crippen MR) is 63.3 cm³/mol. The number of aryl methyl sites for hydroxylation is 1. The molecule has 0 amide bonds. The summed E-state index contributed by atoms with van der Waals surface area (Å²) in [6.07, 6.45) is 2.54. The SMILES string of the molecule is Cc1cc(Br)c(CN2CCCC2)cc1F. The Kier molecular flexibility index (Phi) is 3.42. The molecule has 1 aliphatic rings. The van der Waals surface area contributed by atoms with Gasteiger partial charge in [0, 0.05) is 11.0 Å². The van der Waals surface area contributed by atoms with E-state index in [4.69, 9.17) is 0 Å². The zero-order valence-electron chi connectivity index (χ0n) is 8.89. The molecule has 1 nitrogen and oxygen atoms in total. The lowest BCUT2D eigenvalue weighted by molar-refractivity contribution is 0.330. The zero-order chi connectivity index (χ0) is 10.8. The molecule has 1 aromatic carbocycles. The van der Waals surface area contributed by atoms with Gasteiger partial charge in [0.05, 0.1) is 0 Å². The van der Waals surface area contributed by atoms with Gasteiger partial charge in [0.25, 0.3) is 0 Å². The molecule has 1 aromatic rings. The normalized spacial score (nSPS) is 17.3. The van der Waals surface area contributed by atoms with Crippen LogP contribution in [-0.4, -0.2) is 18.0 Å². The third-order valence-corrected chi connectivity index (χ3v) is 3.66. The largest absolute Gasteiger partial charge is 0.299 e. The summed E-state index contributed by atoms with van der Waals surface area (Å²) in [7, 11) is 0. The van der Waals surface area contributed by atoms with Crippen molar-refractivity contribution in [1.82, 2.24) is 4.90 Å². The van der Waals surface area contributed by atoms with Gasteiger partial charge in [-0.2, -0.15) is 0 Å². The van der Waals surface area contributed by atoms with Crippen LogP contribution in [-0.2, 0) is 6.54 Å². The van der Waals surface area contributed by atoms with Gasteiger partial charge in [-0.25, -0.2) is 4.39 Å². The summed E-state index contributed by atoms with van der Waals surface area (Å²) in [6, 6.07) is 3.51. The Morgan fingerprint density at radius 1 is 1.33 bits per heavy atom. The molecule has 0 spiro atoms. The molecule has 1 heterocycles. The lowest BCUT2D eigenvalue weighted by Gasteiger charge is -2.16. The van der Waals surface area contributed by atoms with Gasteiger partial charge >= 0.3 is 0 Å². The van der Waals surface area contributed by atoms with Crippen LogP contribution < -0.4 is 0 Å². The molecule has 2 rings (SSSR count). The van der Waals surface area contributed by atoms with Crippen LogP contribution in [0.4, 0.5) is 4.39 Å². The average molecular weight is 272 g/mol. The van der Waals surface area contributed by atoms with Crippen molar-refractivity contribution >= 4 is 15.9 Å². The number of benzene rings is 1. The van der Waals surface area contributed by atoms with Crippen LogP contribution >= 0.6 is 15.9 Å². The highest BCUT2D eigenvalue weighted by Gasteiger charge is 2.14. The molecule has 0 atom stereocenters. The van der Waals surface area contributed by atoms with E-state index in [1.807, 2.05) is 6.07 Å². The second kappa shape index (κ2) is 4.62. The molecule has 3 heteroatoms. The van der Waals surface area contributed by atoms with Gasteiger partial charge in [0.2, 0.25) is 0 Å². The molecule has 0 aromatic heterocycles. The number of nitrogens with zero attached hydrogens (tertiary/aromatic N) is 1. The van der Waals surface area contributed by atoms with Gasteiger partial charge in [-0.05, 0) is 56.1 Å². The summed E-state index contributed by atoms with van der Waals surface area (Å²) in [5, 5.41) is 0. The number of hydrogen-bond acceptors (Lipinski definition) is 1. The van der Waals surface area contributed by atoms with Gasteiger partial charge in [0.15, 0.2) is 0 Å². The van der Waals surface area contributed by atoms with E-state index in [0.29, 0.717) is 5.56 Å². The summed E-state index contributed by atoms with van der Waals surface area (Å²) in [5.41, 5.74) is 1.76. The molecule has 0 N–H and O–H groups in total. The topological polar surface area (TPSA) is 3.24 Å². The van der Waals surface area contributed by atoms with Crippen molar-refractivity contribution in [3.05, 3.63) is 33.5 Å². The van der Waals surface area contributed by atoms with Crippen molar-refractivity contribution in [3.8, 4) is 0 Å². The predicted octanol–water partition coefficient (Wildman–Crippen LogP) is 3.49. The highest BCUT2D eigenvalue weighted by molar-refractivity contribution is 9.10. The summed E-state index contributed by atoms with van der Waals surface area (Å²) >= 11 is 3.50. The van der Waals surface area contributed by atoms with E-state index in [-0.39, 0.29) is 5.82 Å². The highest BCUT2D eigenvalue weighted by Crippen LogP contribution is 2.23. The van der Waals surface area contributed by atoms with E-state index in [1.165, 1.54) is 12.8 Å². The summed E-state index contributed by atoms with van der Waals surface area (Å²) in [5.74, 6) is -0.104. The van der Waals surface area contributed by atoms with E-state index in [0.717, 1.165) is 29.7 Å². The maximum atomic E-state index is 13.4. The van der Waals surface area contributed by atoms with Gasteiger partial charge in [-0.1, -0.05) is 15.9 Å². The molecule has 1 fully saturated rings. The average Bonchev–Trinajstić information content (AvgIpc) is 2.67. The maximum absolute atomic E-state index is 13.4. The number of likely N-dealkylation sites (tertiary alicyclic amines) is 1. The Morgan fingerprint density at radius 2 is 2.00 bits per heavy atom. The third kappa shape index (κ3) is 2.58. The Labute approximate surface area is 98.4 Å². The van der Waals surface area contributed by atoms with Crippen LogP contribution in [0.15, 0.2) is 16.6 Å². The number of rotatable bonds is 2. The molecule has 1 aliphatic heterocycles. The standard InChI is InChI=1S/C12H15BrFN/c1-9-6-11(13)10(7-12(9)14)8-15-4-2-3-5-15/h6-7H,2-5,8H2,1H3. The molecular weight excluding hydrogens is 257 g/mol. The maximum Gasteiger partial charge on any atom is 0.126 e.